The number of aryl methyl sites for hydroxylation is 2. The molecule has 2 heterocycles. The fourth-order valence-electron chi connectivity index (χ4n) is 4.74. The van der Waals surface area contributed by atoms with E-state index in [1.165, 1.54) is 10.6 Å². The van der Waals surface area contributed by atoms with Crippen molar-refractivity contribution in [2.24, 2.45) is 5.92 Å². The summed E-state index contributed by atoms with van der Waals surface area (Å²) in [5.41, 5.74) is 2.37. The first kappa shape index (κ1) is 30.6. The Morgan fingerprint density at radius 1 is 1.18 bits per heavy atom. The number of hydrogen-bond acceptors (Lipinski definition) is 8. The van der Waals surface area contributed by atoms with Crippen molar-refractivity contribution in [2.75, 3.05) is 50.9 Å². The number of piperidine rings is 1. The lowest BCUT2D eigenvalue weighted by molar-refractivity contribution is -0.131. The Balaban J connectivity index is 1.77. The molecule has 2 aromatic rings. The van der Waals surface area contributed by atoms with E-state index in [0.717, 1.165) is 29.7 Å². The van der Waals surface area contributed by atoms with E-state index in [0.29, 0.717) is 50.1 Å². The maximum atomic E-state index is 13.5. The molecule has 0 atom stereocenters. The van der Waals surface area contributed by atoms with E-state index < -0.39 is 10.0 Å². The van der Waals surface area contributed by atoms with Gasteiger partial charge in [-0.25, -0.2) is 12.7 Å². The Bertz CT molecular complexity index is 1240. The molecule has 0 unspecified atom stereocenters. The Kier molecular flexibility index (Phi) is 10.5. The fourth-order valence-corrected chi connectivity index (χ4v) is 5.61. The molecule has 0 bridgehead atoms. The van der Waals surface area contributed by atoms with Crippen molar-refractivity contribution < 1.29 is 22.5 Å². The average Bonchev–Trinajstić information content (AvgIpc) is 3.31. The summed E-state index contributed by atoms with van der Waals surface area (Å²) < 4.78 is 30.3. The minimum Gasteiger partial charge on any atom is -0.355 e. The number of rotatable bonds is 12. The molecule has 2 amide bonds. The number of nitrogens with one attached hydrogen (secondary N) is 1. The Hall–Kier alpha value is -2.99. The molecule has 11 nitrogen and oxygen atoms in total. The molecule has 1 aromatic carbocycles. The number of anilines is 1. The van der Waals surface area contributed by atoms with Crippen LogP contribution in [0.2, 0.25) is 0 Å². The predicted octanol–water partition coefficient (Wildman–Crippen LogP) is 2.59. The first-order valence-corrected chi connectivity index (χ1v) is 15.3. The van der Waals surface area contributed by atoms with Crippen molar-refractivity contribution in [1.82, 2.24) is 24.7 Å². The largest absolute Gasteiger partial charge is 0.355 e. The highest BCUT2D eigenvalue weighted by atomic mass is 32.2. The number of nitrogens with zero attached hydrogens (tertiary/aromatic N) is 5. The van der Waals surface area contributed by atoms with Crippen LogP contribution in [0.1, 0.15) is 51.0 Å². The lowest BCUT2D eigenvalue weighted by Crippen LogP contribution is -2.50. The van der Waals surface area contributed by atoms with Crippen LogP contribution in [0.3, 0.4) is 0 Å². The maximum absolute atomic E-state index is 13.5. The third-order valence-electron chi connectivity index (χ3n) is 7.11. The van der Waals surface area contributed by atoms with Gasteiger partial charge >= 0.3 is 0 Å². The summed E-state index contributed by atoms with van der Waals surface area (Å²) >= 11 is 0. The SMILES string of the molecule is Cc1nc(-c2ccc(C)c(N(CC(=O)NCCCC(C)C)CC(=O)N(C)C3CCN(S(C)(=O)=O)CC3)c2)no1. The van der Waals surface area contributed by atoms with E-state index in [4.69, 9.17) is 4.52 Å². The van der Waals surface area contributed by atoms with Gasteiger partial charge in [-0.2, -0.15) is 4.98 Å². The van der Waals surface area contributed by atoms with Gasteiger partial charge in [0.15, 0.2) is 0 Å². The van der Waals surface area contributed by atoms with E-state index >= 15 is 0 Å². The lowest BCUT2D eigenvalue weighted by atomic mass is 10.0. The van der Waals surface area contributed by atoms with E-state index in [2.05, 4.69) is 29.3 Å². The van der Waals surface area contributed by atoms with Gasteiger partial charge in [0.2, 0.25) is 33.6 Å². The number of carbonyl (C=O) groups excluding carboxylic acids is 2. The zero-order valence-electron chi connectivity index (χ0n) is 23.9. The van der Waals surface area contributed by atoms with Crippen molar-refractivity contribution in [3.8, 4) is 11.4 Å². The summed E-state index contributed by atoms with van der Waals surface area (Å²) in [4.78, 5) is 34.2. The molecule has 3 rings (SSSR count). The van der Waals surface area contributed by atoms with Gasteiger partial charge in [0.25, 0.3) is 0 Å². The molecule has 1 N–H and O–H groups in total. The summed E-state index contributed by atoms with van der Waals surface area (Å²) in [6.45, 7) is 9.32. The van der Waals surface area contributed by atoms with Gasteiger partial charge in [-0.1, -0.05) is 31.1 Å². The summed E-state index contributed by atoms with van der Waals surface area (Å²) in [6.07, 6.45) is 4.26. The smallest absolute Gasteiger partial charge is 0.242 e. The van der Waals surface area contributed by atoms with Crippen LogP contribution < -0.4 is 10.2 Å². The summed E-state index contributed by atoms with van der Waals surface area (Å²) in [7, 11) is -1.50. The summed E-state index contributed by atoms with van der Waals surface area (Å²) in [5.74, 6) is 1.16. The van der Waals surface area contributed by atoms with Crippen molar-refractivity contribution in [3.05, 3.63) is 29.7 Å². The zero-order valence-corrected chi connectivity index (χ0v) is 24.8. The van der Waals surface area contributed by atoms with Crippen LogP contribution in [0.25, 0.3) is 11.4 Å². The molecule has 0 saturated carbocycles. The maximum Gasteiger partial charge on any atom is 0.242 e. The molecule has 1 saturated heterocycles. The lowest BCUT2D eigenvalue weighted by Gasteiger charge is -2.37. The Morgan fingerprint density at radius 3 is 2.46 bits per heavy atom. The van der Waals surface area contributed by atoms with E-state index in [1.807, 2.05) is 25.1 Å². The summed E-state index contributed by atoms with van der Waals surface area (Å²) in [6, 6.07) is 5.61. The second kappa shape index (κ2) is 13.4. The van der Waals surface area contributed by atoms with Crippen LogP contribution in [0, 0.1) is 19.8 Å². The van der Waals surface area contributed by atoms with Gasteiger partial charge in [0.05, 0.1) is 19.3 Å². The fraction of sp³-hybridized carbons (Fsp3) is 0.630. The van der Waals surface area contributed by atoms with Gasteiger partial charge in [0.1, 0.15) is 0 Å². The van der Waals surface area contributed by atoms with Gasteiger partial charge in [-0.15, -0.1) is 0 Å². The Labute approximate surface area is 232 Å². The topological polar surface area (TPSA) is 129 Å². The number of sulfonamides is 1. The van der Waals surface area contributed by atoms with E-state index in [9.17, 15) is 18.0 Å². The van der Waals surface area contributed by atoms with Gasteiger partial charge in [-0.05, 0) is 50.2 Å². The molecular formula is C27H42N6O5S. The standard InChI is InChI=1S/C27H42N6O5S/c1-19(2)8-7-13-28-25(34)17-32(24-16-22(10-9-20(24)3)27-29-21(4)38-30-27)18-26(35)31(5)23-11-14-33(15-12-23)39(6,36)37/h9-10,16,19,23H,7-8,11-15,17-18H2,1-6H3,(H,28,34). The summed E-state index contributed by atoms with van der Waals surface area (Å²) in [5, 5.41) is 6.99. The third kappa shape index (κ3) is 8.76. The minimum atomic E-state index is -3.25. The monoisotopic (exact) mass is 562 g/mol. The van der Waals surface area contributed by atoms with Crippen molar-refractivity contribution >= 4 is 27.5 Å². The quantitative estimate of drug-likeness (QED) is 0.391. The van der Waals surface area contributed by atoms with Gasteiger partial charge < -0.3 is 19.6 Å². The number of benzene rings is 1. The first-order valence-electron chi connectivity index (χ1n) is 13.5. The first-order chi connectivity index (χ1) is 18.3. The molecule has 1 aliphatic rings. The molecule has 12 heteroatoms. The van der Waals surface area contributed by atoms with E-state index in [1.54, 1.807) is 23.8 Å². The molecule has 1 aromatic heterocycles. The molecule has 0 spiro atoms. The van der Waals surface area contributed by atoms with Crippen molar-refractivity contribution in [3.63, 3.8) is 0 Å². The molecule has 1 fully saturated rings. The molecule has 1 aliphatic heterocycles. The zero-order chi connectivity index (χ0) is 28.7. The van der Waals surface area contributed by atoms with E-state index in [-0.39, 0.29) is 30.9 Å². The number of aromatic nitrogens is 2. The van der Waals surface area contributed by atoms with Crippen molar-refractivity contribution in [1.29, 1.82) is 0 Å². The van der Waals surface area contributed by atoms with Crippen LogP contribution in [0.5, 0.6) is 0 Å². The number of amides is 2. The van der Waals surface area contributed by atoms with Gasteiger partial charge in [-0.3, -0.25) is 9.59 Å². The molecule has 39 heavy (non-hydrogen) atoms. The van der Waals surface area contributed by atoms with Crippen LogP contribution in [-0.2, 0) is 19.6 Å². The number of hydrogen-bond donors (Lipinski definition) is 1. The molecule has 216 valence electrons. The highest BCUT2D eigenvalue weighted by molar-refractivity contribution is 7.88. The van der Waals surface area contributed by atoms with Gasteiger partial charge in [0, 0.05) is 50.9 Å². The minimum absolute atomic E-state index is 0.00221. The predicted molar refractivity (Wildman–Crippen MR) is 151 cm³/mol. The Morgan fingerprint density at radius 2 is 1.87 bits per heavy atom. The van der Waals surface area contributed by atoms with Crippen molar-refractivity contribution in [2.45, 2.75) is 59.4 Å². The second-order valence-corrected chi connectivity index (χ2v) is 12.8. The molecule has 0 aliphatic carbocycles. The van der Waals surface area contributed by atoms with Crippen LogP contribution in [-0.4, -0.2) is 91.6 Å². The third-order valence-corrected chi connectivity index (χ3v) is 8.41. The highest BCUT2D eigenvalue weighted by Crippen LogP contribution is 2.27. The number of carbonyl (C=O) groups is 2. The van der Waals surface area contributed by atoms with Crippen LogP contribution in [0.15, 0.2) is 22.7 Å². The number of likely N-dealkylation sites (N-methyl/N-ethyl adjacent to an activating group) is 1. The molecular weight excluding hydrogens is 520 g/mol. The van der Waals surface area contributed by atoms with Crippen LogP contribution >= 0.6 is 0 Å². The highest BCUT2D eigenvalue weighted by Gasteiger charge is 2.30. The van der Waals surface area contributed by atoms with Crippen LogP contribution in [0.4, 0.5) is 5.69 Å². The second-order valence-electron chi connectivity index (χ2n) is 10.8. The molecule has 0 radical (unpaired) electrons. The normalized spacial score (nSPS) is 14.9. The average molecular weight is 563 g/mol.